The number of halogens is 1. The van der Waals surface area contributed by atoms with Crippen molar-refractivity contribution >= 4 is 35.0 Å². The fourth-order valence-electron chi connectivity index (χ4n) is 3.08. The summed E-state index contributed by atoms with van der Waals surface area (Å²) in [7, 11) is 2.83. The molecule has 0 aliphatic rings. The standard InChI is InChI=1S/C25H20ClN3O6/c1-33-22-10-8-19(29(31)32)13-21(22)28-25(30)18(14-27)11-16-7-9-23(24(12-16)34-2)35-15-17-5-3-4-6-20(17)26/h3-13H,15H2,1-2H3,(H,28,30)/b18-11+. The van der Waals surface area contributed by atoms with Gasteiger partial charge in [-0.25, -0.2) is 0 Å². The number of nitrogens with zero attached hydrogens (tertiary/aromatic N) is 2. The largest absolute Gasteiger partial charge is 0.495 e. The summed E-state index contributed by atoms with van der Waals surface area (Å²) in [5, 5.41) is 23.7. The molecule has 0 aliphatic heterocycles. The number of rotatable bonds is 9. The summed E-state index contributed by atoms with van der Waals surface area (Å²) in [5.74, 6) is 0.296. The van der Waals surface area contributed by atoms with E-state index < -0.39 is 10.8 Å². The summed E-state index contributed by atoms with van der Waals surface area (Å²) in [6, 6.07) is 17.8. The van der Waals surface area contributed by atoms with Gasteiger partial charge in [0.2, 0.25) is 0 Å². The Labute approximate surface area is 206 Å². The van der Waals surface area contributed by atoms with Crippen LogP contribution in [0.1, 0.15) is 11.1 Å². The van der Waals surface area contributed by atoms with Crippen molar-refractivity contribution in [2.45, 2.75) is 6.61 Å². The average molecular weight is 494 g/mol. The zero-order valence-corrected chi connectivity index (χ0v) is 19.5. The third-order valence-electron chi connectivity index (χ3n) is 4.85. The van der Waals surface area contributed by atoms with Gasteiger partial charge in [-0.15, -0.1) is 0 Å². The molecule has 1 N–H and O–H groups in total. The highest BCUT2D eigenvalue weighted by Gasteiger charge is 2.17. The van der Waals surface area contributed by atoms with Crippen LogP contribution in [0.4, 0.5) is 11.4 Å². The number of nitrogens with one attached hydrogen (secondary N) is 1. The van der Waals surface area contributed by atoms with E-state index in [4.69, 9.17) is 25.8 Å². The van der Waals surface area contributed by atoms with Gasteiger partial charge < -0.3 is 19.5 Å². The van der Waals surface area contributed by atoms with E-state index >= 15 is 0 Å². The summed E-state index contributed by atoms with van der Waals surface area (Å²) in [6.07, 6.45) is 1.36. The minimum absolute atomic E-state index is 0.0637. The van der Waals surface area contributed by atoms with Gasteiger partial charge in [-0.3, -0.25) is 14.9 Å². The number of ether oxygens (including phenoxy) is 3. The van der Waals surface area contributed by atoms with Crippen molar-refractivity contribution in [3.05, 3.63) is 92.5 Å². The maximum Gasteiger partial charge on any atom is 0.271 e. The smallest absolute Gasteiger partial charge is 0.271 e. The molecular weight excluding hydrogens is 474 g/mol. The zero-order chi connectivity index (χ0) is 25.4. The van der Waals surface area contributed by atoms with Crippen molar-refractivity contribution in [2.24, 2.45) is 0 Å². The molecule has 0 aromatic heterocycles. The van der Waals surface area contributed by atoms with Crippen LogP contribution >= 0.6 is 11.6 Å². The second-order valence-electron chi connectivity index (χ2n) is 7.06. The van der Waals surface area contributed by atoms with Crippen molar-refractivity contribution < 1.29 is 23.9 Å². The Hall–Kier alpha value is -4.55. The molecule has 0 aliphatic carbocycles. The minimum Gasteiger partial charge on any atom is -0.495 e. The summed E-state index contributed by atoms with van der Waals surface area (Å²) in [4.78, 5) is 23.2. The predicted molar refractivity (Wildman–Crippen MR) is 131 cm³/mol. The van der Waals surface area contributed by atoms with Crippen LogP contribution in [0.2, 0.25) is 5.02 Å². The maximum atomic E-state index is 12.7. The van der Waals surface area contributed by atoms with Gasteiger partial charge in [0.25, 0.3) is 11.6 Å². The molecule has 0 spiro atoms. The number of nitro benzene ring substituents is 1. The molecule has 0 bridgehead atoms. The van der Waals surface area contributed by atoms with Crippen LogP contribution in [-0.2, 0) is 11.4 Å². The zero-order valence-electron chi connectivity index (χ0n) is 18.8. The van der Waals surface area contributed by atoms with Crippen LogP contribution in [0, 0.1) is 21.4 Å². The second kappa shape index (κ2) is 11.5. The van der Waals surface area contributed by atoms with Gasteiger partial charge in [-0.05, 0) is 35.9 Å². The number of benzene rings is 3. The van der Waals surface area contributed by atoms with E-state index in [9.17, 15) is 20.2 Å². The Morgan fingerprint density at radius 1 is 1.09 bits per heavy atom. The third-order valence-corrected chi connectivity index (χ3v) is 5.22. The van der Waals surface area contributed by atoms with Crippen LogP contribution in [0.3, 0.4) is 0 Å². The van der Waals surface area contributed by atoms with Gasteiger partial charge in [0.15, 0.2) is 11.5 Å². The first kappa shape index (κ1) is 25.1. The third kappa shape index (κ3) is 6.28. The average Bonchev–Trinajstić information content (AvgIpc) is 2.86. The molecule has 0 heterocycles. The molecule has 178 valence electrons. The lowest BCUT2D eigenvalue weighted by Crippen LogP contribution is -2.14. The monoisotopic (exact) mass is 493 g/mol. The highest BCUT2D eigenvalue weighted by atomic mass is 35.5. The van der Waals surface area contributed by atoms with Gasteiger partial charge in [0.05, 0.1) is 24.8 Å². The Morgan fingerprint density at radius 2 is 1.80 bits per heavy atom. The molecule has 9 nitrogen and oxygen atoms in total. The van der Waals surface area contributed by atoms with Gasteiger partial charge in [-0.1, -0.05) is 35.9 Å². The molecule has 0 radical (unpaired) electrons. The van der Waals surface area contributed by atoms with Crippen molar-refractivity contribution in [3.8, 4) is 23.3 Å². The predicted octanol–water partition coefficient (Wildman–Crippen LogP) is 5.39. The summed E-state index contributed by atoms with van der Waals surface area (Å²) < 4.78 is 16.4. The Kier molecular flexibility index (Phi) is 8.27. The highest BCUT2D eigenvalue weighted by molar-refractivity contribution is 6.31. The lowest BCUT2D eigenvalue weighted by atomic mass is 10.1. The van der Waals surface area contributed by atoms with Gasteiger partial charge in [-0.2, -0.15) is 5.26 Å². The van der Waals surface area contributed by atoms with E-state index in [0.717, 1.165) is 11.6 Å². The first-order chi connectivity index (χ1) is 16.9. The van der Waals surface area contributed by atoms with E-state index in [1.54, 1.807) is 24.3 Å². The van der Waals surface area contributed by atoms with Crippen LogP contribution < -0.4 is 19.5 Å². The molecule has 0 unspecified atom stereocenters. The van der Waals surface area contributed by atoms with Gasteiger partial charge in [0.1, 0.15) is 24.0 Å². The van der Waals surface area contributed by atoms with Crippen LogP contribution in [0.15, 0.2) is 66.2 Å². The number of non-ortho nitro benzene ring substituents is 1. The fraction of sp³-hybridized carbons (Fsp3) is 0.120. The van der Waals surface area contributed by atoms with E-state index in [1.807, 2.05) is 24.3 Å². The molecular formula is C25H20ClN3O6. The lowest BCUT2D eigenvalue weighted by Gasteiger charge is -2.12. The molecule has 1 amide bonds. The van der Waals surface area contributed by atoms with E-state index in [1.165, 1.54) is 32.4 Å². The Morgan fingerprint density at radius 3 is 2.46 bits per heavy atom. The first-order valence-electron chi connectivity index (χ1n) is 10.2. The van der Waals surface area contributed by atoms with E-state index in [0.29, 0.717) is 22.1 Å². The number of hydrogen-bond donors (Lipinski definition) is 1. The molecule has 3 aromatic carbocycles. The number of hydrogen-bond acceptors (Lipinski definition) is 7. The van der Waals surface area contributed by atoms with E-state index in [-0.39, 0.29) is 29.3 Å². The fourth-order valence-corrected chi connectivity index (χ4v) is 3.27. The molecule has 10 heteroatoms. The number of methoxy groups -OCH3 is 2. The number of anilines is 1. The molecule has 0 fully saturated rings. The molecule has 0 saturated heterocycles. The first-order valence-corrected chi connectivity index (χ1v) is 10.5. The Balaban J connectivity index is 1.81. The minimum atomic E-state index is -0.760. The number of amides is 1. The van der Waals surface area contributed by atoms with E-state index in [2.05, 4.69) is 5.32 Å². The molecule has 0 saturated carbocycles. The highest BCUT2D eigenvalue weighted by Crippen LogP contribution is 2.31. The normalized spacial score (nSPS) is 10.7. The number of carbonyl (C=O) groups excluding carboxylic acids is 1. The SMILES string of the molecule is COc1ccc([N+](=O)[O-])cc1NC(=O)/C(C#N)=C/c1ccc(OCc2ccccc2Cl)c(OC)c1. The number of nitriles is 1. The number of carbonyl (C=O) groups is 1. The topological polar surface area (TPSA) is 124 Å². The van der Waals surface area contributed by atoms with Gasteiger partial charge in [0, 0.05) is 22.7 Å². The molecule has 3 rings (SSSR count). The molecule has 0 atom stereocenters. The quantitative estimate of drug-likeness (QED) is 0.183. The van der Waals surface area contributed by atoms with Crippen LogP contribution in [-0.4, -0.2) is 25.1 Å². The molecule has 3 aromatic rings. The maximum absolute atomic E-state index is 12.7. The number of nitro groups is 1. The van der Waals surface area contributed by atoms with Crippen molar-refractivity contribution in [1.82, 2.24) is 0 Å². The van der Waals surface area contributed by atoms with Crippen molar-refractivity contribution in [2.75, 3.05) is 19.5 Å². The van der Waals surface area contributed by atoms with Gasteiger partial charge >= 0.3 is 0 Å². The summed E-state index contributed by atoms with van der Waals surface area (Å²) in [6.45, 7) is 0.224. The lowest BCUT2D eigenvalue weighted by molar-refractivity contribution is -0.384. The summed E-state index contributed by atoms with van der Waals surface area (Å²) >= 11 is 6.16. The van der Waals surface area contributed by atoms with Crippen LogP contribution in [0.25, 0.3) is 6.08 Å². The van der Waals surface area contributed by atoms with Crippen molar-refractivity contribution in [1.29, 1.82) is 5.26 Å². The Bertz CT molecular complexity index is 1330. The second-order valence-corrected chi connectivity index (χ2v) is 7.46. The summed E-state index contributed by atoms with van der Waals surface area (Å²) in [5.41, 5.74) is 0.907. The molecule has 35 heavy (non-hydrogen) atoms. The van der Waals surface area contributed by atoms with Crippen LogP contribution in [0.5, 0.6) is 17.2 Å². The van der Waals surface area contributed by atoms with Crippen molar-refractivity contribution in [3.63, 3.8) is 0 Å².